The van der Waals surface area contributed by atoms with E-state index in [4.69, 9.17) is 19.5 Å². The lowest BCUT2D eigenvalue weighted by atomic mass is 10.2. The number of benzene rings is 2. The summed E-state index contributed by atoms with van der Waals surface area (Å²) in [5.74, 6) is 1.96. The molecule has 0 N–H and O–H groups in total. The molecule has 0 bridgehead atoms. The fourth-order valence-electron chi connectivity index (χ4n) is 1.83. The molecule has 0 aliphatic carbocycles. The van der Waals surface area contributed by atoms with Crippen molar-refractivity contribution in [1.82, 2.24) is 0 Å². The Kier molecular flexibility index (Phi) is 6.11. The molecular weight excluding hydrogens is 346 g/mol. The summed E-state index contributed by atoms with van der Waals surface area (Å²) in [4.78, 5) is 0. The van der Waals surface area contributed by atoms with Gasteiger partial charge in [0.05, 0.1) is 18.2 Å². The number of nitrogens with zero attached hydrogens (tertiary/aromatic N) is 1. The number of halogens is 1. The van der Waals surface area contributed by atoms with Gasteiger partial charge in [0, 0.05) is 10.5 Å². The van der Waals surface area contributed by atoms with Crippen molar-refractivity contribution in [2.45, 2.75) is 6.92 Å². The van der Waals surface area contributed by atoms with Crippen LogP contribution < -0.4 is 14.2 Å². The molecule has 0 saturated heterocycles. The topological polar surface area (TPSA) is 51.5 Å². The zero-order chi connectivity index (χ0) is 15.8. The van der Waals surface area contributed by atoms with Gasteiger partial charge >= 0.3 is 0 Å². The molecule has 0 aliphatic rings. The molecule has 0 saturated carbocycles. The van der Waals surface area contributed by atoms with Crippen molar-refractivity contribution in [2.24, 2.45) is 0 Å². The highest BCUT2D eigenvalue weighted by molar-refractivity contribution is 9.10. The second-order valence-electron chi connectivity index (χ2n) is 4.36. The summed E-state index contributed by atoms with van der Waals surface area (Å²) in [6.07, 6.45) is 0. The van der Waals surface area contributed by atoms with E-state index in [1.807, 2.05) is 31.2 Å². The second-order valence-corrected chi connectivity index (χ2v) is 5.28. The Morgan fingerprint density at radius 3 is 2.55 bits per heavy atom. The highest BCUT2D eigenvalue weighted by atomic mass is 79.9. The van der Waals surface area contributed by atoms with Crippen molar-refractivity contribution in [1.29, 1.82) is 5.26 Å². The van der Waals surface area contributed by atoms with Crippen LogP contribution in [0.25, 0.3) is 0 Å². The van der Waals surface area contributed by atoms with Crippen molar-refractivity contribution in [3.05, 3.63) is 52.5 Å². The molecule has 0 unspecified atom stereocenters. The Morgan fingerprint density at radius 2 is 1.82 bits per heavy atom. The van der Waals surface area contributed by atoms with E-state index in [0.29, 0.717) is 36.9 Å². The number of rotatable bonds is 7. The lowest BCUT2D eigenvalue weighted by Crippen LogP contribution is -2.10. The van der Waals surface area contributed by atoms with Gasteiger partial charge < -0.3 is 14.2 Å². The van der Waals surface area contributed by atoms with Gasteiger partial charge in [-0.25, -0.2) is 0 Å². The number of nitriles is 1. The fourth-order valence-corrected chi connectivity index (χ4v) is 2.21. The van der Waals surface area contributed by atoms with Crippen LogP contribution in [0, 0.1) is 11.3 Å². The summed E-state index contributed by atoms with van der Waals surface area (Å²) in [6.45, 7) is 3.21. The molecule has 114 valence electrons. The van der Waals surface area contributed by atoms with Crippen LogP contribution in [-0.2, 0) is 0 Å². The van der Waals surface area contributed by atoms with Gasteiger partial charge in [0.1, 0.15) is 19.0 Å². The molecule has 0 heterocycles. The summed E-state index contributed by atoms with van der Waals surface area (Å²) in [5.41, 5.74) is 0.543. The van der Waals surface area contributed by atoms with Crippen molar-refractivity contribution in [3.63, 3.8) is 0 Å². The van der Waals surface area contributed by atoms with Gasteiger partial charge in [-0.15, -0.1) is 0 Å². The molecule has 0 fully saturated rings. The third-order valence-corrected chi connectivity index (χ3v) is 3.27. The molecule has 2 rings (SSSR count). The average molecular weight is 362 g/mol. The van der Waals surface area contributed by atoms with E-state index in [9.17, 15) is 0 Å². The minimum absolute atomic E-state index is 0.387. The Labute approximate surface area is 138 Å². The standard InChI is InChI=1S/C17H16BrNO3/c1-2-20-17-10-13(12-19)6-7-16(17)22-9-8-21-15-5-3-4-14(18)11-15/h3-7,10-11H,2,8-9H2,1H3. The molecule has 0 aromatic heterocycles. The van der Waals surface area contributed by atoms with E-state index in [-0.39, 0.29) is 0 Å². The fraction of sp³-hybridized carbons (Fsp3) is 0.235. The quantitative estimate of drug-likeness (QED) is 0.694. The molecule has 22 heavy (non-hydrogen) atoms. The third-order valence-electron chi connectivity index (χ3n) is 2.78. The van der Waals surface area contributed by atoms with E-state index >= 15 is 0 Å². The Hall–Kier alpha value is -2.19. The molecule has 5 heteroatoms. The van der Waals surface area contributed by atoms with Gasteiger partial charge in [0.15, 0.2) is 11.5 Å². The van der Waals surface area contributed by atoms with E-state index in [1.165, 1.54) is 0 Å². The monoisotopic (exact) mass is 361 g/mol. The lowest BCUT2D eigenvalue weighted by molar-refractivity contribution is 0.208. The number of hydrogen-bond acceptors (Lipinski definition) is 4. The van der Waals surface area contributed by atoms with Gasteiger partial charge in [0.25, 0.3) is 0 Å². The van der Waals surface area contributed by atoms with Gasteiger partial charge in [0.2, 0.25) is 0 Å². The first-order valence-electron chi connectivity index (χ1n) is 6.91. The minimum atomic E-state index is 0.387. The number of ether oxygens (including phenoxy) is 3. The zero-order valence-electron chi connectivity index (χ0n) is 12.2. The lowest BCUT2D eigenvalue weighted by Gasteiger charge is -2.12. The van der Waals surface area contributed by atoms with Crippen LogP contribution in [0.4, 0.5) is 0 Å². The molecule has 0 atom stereocenters. The maximum atomic E-state index is 8.91. The first kappa shape index (κ1) is 16.2. The summed E-state index contributed by atoms with van der Waals surface area (Å²) in [6, 6.07) is 14.8. The van der Waals surface area contributed by atoms with Crippen LogP contribution in [-0.4, -0.2) is 19.8 Å². The predicted molar refractivity (Wildman–Crippen MR) is 87.5 cm³/mol. The molecule has 4 nitrogen and oxygen atoms in total. The van der Waals surface area contributed by atoms with Crippen molar-refractivity contribution >= 4 is 15.9 Å². The van der Waals surface area contributed by atoms with Crippen LogP contribution in [0.1, 0.15) is 12.5 Å². The highest BCUT2D eigenvalue weighted by Crippen LogP contribution is 2.28. The molecule has 0 aliphatic heterocycles. The largest absolute Gasteiger partial charge is 0.490 e. The normalized spacial score (nSPS) is 9.86. The van der Waals surface area contributed by atoms with Crippen LogP contribution in [0.2, 0.25) is 0 Å². The highest BCUT2D eigenvalue weighted by Gasteiger charge is 2.06. The van der Waals surface area contributed by atoms with E-state index < -0.39 is 0 Å². The smallest absolute Gasteiger partial charge is 0.162 e. The SMILES string of the molecule is CCOc1cc(C#N)ccc1OCCOc1cccc(Br)c1. The van der Waals surface area contributed by atoms with E-state index in [1.54, 1.807) is 18.2 Å². The Bertz CT molecular complexity index is 667. The van der Waals surface area contributed by atoms with Crippen LogP contribution in [0.5, 0.6) is 17.2 Å². The Balaban J connectivity index is 1.90. The number of hydrogen-bond donors (Lipinski definition) is 0. The summed E-state index contributed by atoms with van der Waals surface area (Å²) in [7, 11) is 0. The maximum absolute atomic E-state index is 8.91. The van der Waals surface area contributed by atoms with E-state index in [0.717, 1.165) is 10.2 Å². The van der Waals surface area contributed by atoms with Crippen molar-refractivity contribution in [3.8, 4) is 23.3 Å². The minimum Gasteiger partial charge on any atom is -0.490 e. The van der Waals surface area contributed by atoms with Crippen LogP contribution in [0.3, 0.4) is 0 Å². The van der Waals surface area contributed by atoms with Gasteiger partial charge in [-0.3, -0.25) is 0 Å². The summed E-state index contributed by atoms with van der Waals surface area (Å²) < 4.78 is 17.7. The zero-order valence-corrected chi connectivity index (χ0v) is 13.8. The van der Waals surface area contributed by atoms with Gasteiger partial charge in [-0.1, -0.05) is 22.0 Å². The van der Waals surface area contributed by atoms with Crippen molar-refractivity contribution < 1.29 is 14.2 Å². The van der Waals surface area contributed by atoms with Gasteiger partial charge in [-0.2, -0.15) is 5.26 Å². The van der Waals surface area contributed by atoms with E-state index in [2.05, 4.69) is 22.0 Å². The average Bonchev–Trinajstić information content (AvgIpc) is 2.53. The Morgan fingerprint density at radius 1 is 1.00 bits per heavy atom. The third kappa shape index (κ3) is 4.68. The van der Waals surface area contributed by atoms with Crippen molar-refractivity contribution in [2.75, 3.05) is 19.8 Å². The molecule has 0 spiro atoms. The first-order chi connectivity index (χ1) is 10.7. The molecular formula is C17H16BrNO3. The molecule has 0 radical (unpaired) electrons. The first-order valence-corrected chi connectivity index (χ1v) is 7.70. The predicted octanol–water partition coefficient (Wildman–Crippen LogP) is 4.18. The molecule has 2 aromatic rings. The molecule has 0 amide bonds. The maximum Gasteiger partial charge on any atom is 0.162 e. The van der Waals surface area contributed by atoms with Crippen LogP contribution in [0.15, 0.2) is 46.9 Å². The summed E-state index contributed by atoms with van der Waals surface area (Å²) >= 11 is 3.39. The summed E-state index contributed by atoms with van der Waals surface area (Å²) in [5, 5.41) is 8.91. The second kappa shape index (κ2) is 8.30. The molecule has 2 aromatic carbocycles. The van der Waals surface area contributed by atoms with Gasteiger partial charge in [-0.05, 0) is 37.3 Å². The van der Waals surface area contributed by atoms with Crippen LogP contribution >= 0.6 is 15.9 Å².